The molecule has 36 heavy (non-hydrogen) atoms. The third-order valence-electron chi connectivity index (χ3n) is 5.41. The smallest absolute Gasteiger partial charge is 0.308 e. The van der Waals surface area contributed by atoms with Crippen LogP contribution in [0.3, 0.4) is 0 Å². The van der Waals surface area contributed by atoms with Crippen molar-refractivity contribution in [1.29, 1.82) is 0 Å². The third kappa shape index (κ3) is 15.3. The summed E-state index contributed by atoms with van der Waals surface area (Å²) < 4.78 is 21.0. The molecule has 0 heterocycles. The number of hydrogen-bond donors (Lipinski definition) is 0. The fourth-order valence-corrected chi connectivity index (χ4v) is 3.54. The molecule has 6 heteroatoms. The number of carbonyl (C=O) groups excluding carboxylic acids is 2. The molecule has 0 radical (unpaired) electrons. The molecule has 2 unspecified atom stereocenters. The van der Waals surface area contributed by atoms with E-state index in [1.54, 1.807) is 14.2 Å². The maximum atomic E-state index is 11.7. The lowest BCUT2D eigenvalue weighted by atomic mass is 10.0. The lowest BCUT2D eigenvalue weighted by molar-refractivity contribution is -0.149. The van der Waals surface area contributed by atoms with E-state index in [0.717, 1.165) is 24.0 Å². The first kappa shape index (κ1) is 31.3. The Morgan fingerprint density at radius 2 is 0.944 bits per heavy atom. The molecule has 200 valence electrons. The molecule has 2 aromatic carbocycles. The summed E-state index contributed by atoms with van der Waals surface area (Å²) in [5, 5.41) is 0. The molecule has 2 aromatic rings. The van der Waals surface area contributed by atoms with Crippen molar-refractivity contribution >= 4 is 11.9 Å². The van der Waals surface area contributed by atoms with E-state index >= 15 is 0 Å². The molecule has 2 atom stereocenters. The Morgan fingerprint density at radius 1 is 0.611 bits per heavy atom. The average molecular weight is 501 g/mol. The Bertz CT molecular complexity index is 764. The average Bonchev–Trinajstić information content (AvgIpc) is 2.86. The highest BCUT2D eigenvalue weighted by molar-refractivity contribution is 5.70. The molecule has 0 aromatic heterocycles. The maximum Gasteiger partial charge on any atom is 0.308 e. The van der Waals surface area contributed by atoms with Crippen LogP contribution in [-0.4, -0.2) is 38.4 Å². The van der Waals surface area contributed by atoms with E-state index in [0.29, 0.717) is 37.9 Å². The highest BCUT2D eigenvalue weighted by Crippen LogP contribution is 2.13. The van der Waals surface area contributed by atoms with Crippen LogP contribution in [0.2, 0.25) is 0 Å². The predicted octanol–water partition coefficient (Wildman–Crippen LogP) is 6.36. The monoisotopic (exact) mass is 500 g/mol. The van der Waals surface area contributed by atoms with Crippen LogP contribution in [0.4, 0.5) is 0 Å². The molecule has 0 amide bonds. The molecule has 0 N–H and O–H groups in total. The van der Waals surface area contributed by atoms with Gasteiger partial charge < -0.3 is 18.9 Å². The number of benzene rings is 2. The zero-order valence-corrected chi connectivity index (χ0v) is 22.8. The Labute approximate surface area is 217 Å². The Morgan fingerprint density at radius 3 is 1.22 bits per heavy atom. The van der Waals surface area contributed by atoms with E-state index in [-0.39, 0.29) is 24.1 Å². The number of esters is 2. The SMILES string of the molecule is COC(CC(=O)OCc1ccccc1)CC(C)C.COC(CC(=O)OCc1ccccc1)CC(C)C. The summed E-state index contributed by atoms with van der Waals surface area (Å²) in [6.07, 6.45) is 2.29. The van der Waals surface area contributed by atoms with Gasteiger partial charge in [0.2, 0.25) is 0 Å². The van der Waals surface area contributed by atoms with Crippen molar-refractivity contribution in [3.63, 3.8) is 0 Å². The van der Waals surface area contributed by atoms with Gasteiger partial charge in [-0.25, -0.2) is 0 Å². The van der Waals surface area contributed by atoms with E-state index in [4.69, 9.17) is 18.9 Å². The Balaban J connectivity index is 0.000000360. The molecular weight excluding hydrogens is 456 g/mol. The van der Waals surface area contributed by atoms with E-state index in [2.05, 4.69) is 27.7 Å². The van der Waals surface area contributed by atoms with Crippen molar-refractivity contribution < 1.29 is 28.5 Å². The third-order valence-corrected chi connectivity index (χ3v) is 5.41. The van der Waals surface area contributed by atoms with Gasteiger partial charge in [-0.3, -0.25) is 9.59 Å². The summed E-state index contributed by atoms with van der Waals surface area (Å²) in [5.74, 6) is 0.617. The van der Waals surface area contributed by atoms with E-state index in [9.17, 15) is 9.59 Å². The van der Waals surface area contributed by atoms with Gasteiger partial charge in [-0.2, -0.15) is 0 Å². The fourth-order valence-electron chi connectivity index (χ4n) is 3.54. The molecule has 0 aliphatic rings. The predicted molar refractivity (Wildman–Crippen MR) is 142 cm³/mol. The zero-order chi connectivity index (χ0) is 26.8. The summed E-state index contributed by atoms with van der Waals surface area (Å²) >= 11 is 0. The summed E-state index contributed by atoms with van der Waals surface area (Å²) in [6.45, 7) is 9.11. The second-order valence-electron chi connectivity index (χ2n) is 9.68. The number of hydrogen-bond acceptors (Lipinski definition) is 6. The van der Waals surface area contributed by atoms with Crippen molar-refractivity contribution in [2.45, 2.75) is 78.8 Å². The molecule has 0 aliphatic heterocycles. The van der Waals surface area contributed by atoms with Gasteiger partial charge in [0.05, 0.1) is 25.0 Å². The second kappa shape index (κ2) is 18.6. The van der Waals surface area contributed by atoms with Crippen LogP contribution in [-0.2, 0) is 41.8 Å². The van der Waals surface area contributed by atoms with Crippen LogP contribution >= 0.6 is 0 Å². The lowest BCUT2D eigenvalue weighted by Gasteiger charge is -2.16. The Hall–Kier alpha value is -2.70. The Kier molecular flexibility index (Phi) is 16.1. The quantitative estimate of drug-likeness (QED) is 0.281. The van der Waals surface area contributed by atoms with Gasteiger partial charge in [0.15, 0.2) is 0 Å². The largest absolute Gasteiger partial charge is 0.461 e. The van der Waals surface area contributed by atoms with Crippen LogP contribution in [0.1, 0.15) is 64.5 Å². The van der Waals surface area contributed by atoms with Crippen molar-refractivity contribution in [3.8, 4) is 0 Å². The van der Waals surface area contributed by atoms with Gasteiger partial charge in [-0.1, -0.05) is 88.4 Å². The van der Waals surface area contributed by atoms with Crippen LogP contribution in [0.5, 0.6) is 0 Å². The highest BCUT2D eigenvalue weighted by atomic mass is 16.5. The molecule has 0 spiro atoms. The minimum Gasteiger partial charge on any atom is -0.461 e. The van der Waals surface area contributed by atoms with E-state index in [1.165, 1.54) is 0 Å². The molecular formula is C30H44O6. The standard InChI is InChI=1S/2C15H22O3/c2*1-12(2)9-14(17-3)10-15(16)18-11-13-7-5-4-6-8-13/h2*4-8,12,14H,9-11H2,1-3H3. The van der Waals surface area contributed by atoms with Crippen molar-refractivity contribution in [3.05, 3.63) is 71.8 Å². The fraction of sp³-hybridized carbons (Fsp3) is 0.533. The highest BCUT2D eigenvalue weighted by Gasteiger charge is 2.16. The number of methoxy groups -OCH3 is 2. The normalized spacial score (nSPS) is 12.4. The summed E-state index contributed by atoms with van der Waals surface area (Å²) in [5.41, 5.74) is 2.01. The lowest BCUT2D eigenvalue weighted by Crippen LogP contribution is -2.19. The minimum atomic E-state index is -0.202. The van der Waals surface area contributed by atoms with Crippen molar-refractivity contribution in [1.82, 2.24) is 0 Å². The summed E-state index contributed by atoms with van der Waals surface area (Å²) in [7, 11) is 3.27. The first-order valence-corrected chi connectivity index (χ1v) is 12.7. The molecule has 0 saturated carbocycles. The van der Waals surface area contributed by atoms with Crippen molar-refractivity contribution in [2.24, 2.45) is 11.8 Å². The molecule has 0 fully saturated rings. The number of rotatable bonds is 14. The molecule has 0 aliphatic carbocycles. The van der Waals surface area contributed by atoms with Crippen LogP contribution in [0, 0.1) is 11.8 Å². The first-order chi connectivity index (χ1) is 17.2. The van der Waals surface area contributed by atoms with Gasteiger partial charge >= 0.3 is 11.9 Å². The maximum absolute atomic E-state index is 11.7. The van der Waals surface area contributed by atoms with Crippen molar-refractivity contribution in [2.75, 3.05) is 14.2 Å². The summed E-state index contributed by atoms with van der Waals surface area (Å²) in [4.78, 5) is 23.3. The van der Waals surface area contributed by atoms with Crippen LogP contribution in [0.25, 0.3) is 0 Å². The van der Waals surface area contributed by atoms with E-state index in [1.807, 2.05) is 60.7 Å². The second-order valence-corrected chi connectivity index (χ2v) is 9.68. The van der Waals surface area contributed by atoms with Gasteiger partial charge in [0.1, 0.15) is 13.2 Å². The minimum absolute atomic E-state index is 0.0479. The van der Waals surface area contributed by atoms with E-state index < -0.39 is 0 Å². The molecule has 2 rings (SSSR count). The molecule has 0 bridgehead atoms. The van der Waals surface area contributed by atoms with Gasteiger partial charge in [0, 0.05) is 14.2 Å². The van der Waals surface area contributed by atoms with Crippen LogP contribution in [0.15, 0.2) is 60.7 Å². The first-order valence-electron chi connectivity index (χ1n) is 12.7. The van der Waals surface area contributed by atoms with Gasteiger partial charge in [0.25, 0.3) is 0 Å². The van der Waals surface area contributed by atoms with Gasteiger partial charge in [-0.05, 0) is 35.8 Å². The summed E-state index contributed by atoms with van der Waals surface area (Å²) in [6, 6.07) is 19.4. The molecule has 6 nitrogen and oxygen atoms in total. The zero-order valence-electron chi connectivity index (χ0n) is 22.8. The number of carbonyl (C=O) groups is 2. The molecule has 0 saturated heterocycles. The van der Waals surface area contributed by atoms with Gasteiger partial charge in [-0.15, -0.1) is 0 Å². The van der Waals surface area contributed by atoms with Crippen LogP contribution < -0.4 is 0 Å². The number of ether oxygens (including phenoxy) is 4. The topological polar surface area (TPSA) is 71.1 Å².